The highest BCUT2D eigenvalue weighted by atomic mass is 16.5. The molecule has 0 amide bonds. The van der Waals surface area contributed by atoms with Crippen molar-refractivity contribution in [1.82, 2.24) is 5.32 Å². The van der Waals surface area contributed by atoms with Gasteiger partial charge in [-0.25, -0.2) is 0 Å². The molecule has 2 fully saturated rings. The lowest BCUT2D eigenvalue weighted by molar-refractivity contribution is -0.0505. The second kappa shape index (κ2) is 2.21. The summed E-state index contributed by atoms with van der Waals surface area (Å²) in [5, 5.41) is 3.45. The van der Waals surface area contributed by atoms with Gasteiger partial charge in [-0.05, 0) is 12.3 Å². The minimum atomic E-state index is 0.446. The molecule has 2 rings (SSSR count). The molecule has 2 saturated heterocycles. The van der Waals surface area contributed by atoms with Gasteiger partial charge in [0.15, 0.2) is 0 Å². The first-order chi connectivity index (χ1) is 4.79. The van der Waals surface area contributed by atoms with E-state index in [2.05, 4.69) is 12.2 Å². The molecule has 0 aromatic carbocycles. The Morgan fingerprint density at radius 1 is 1.60 bits per heavy atom. The average molecular weight is 141 g/mol. The van der Waals surface area contributed by atoms with E-state index in [1.807, 2.05) is 0 Å². The molecule has 2 bridgehead atoms. The van der Waals surface area contributed by atoms with Crippen molar-refractivity contribution in [3.8, 4) is 0 Å². The van der Waals surface area contributed by atoms with Crippen LogP contribution in [0, 0.1) is 11.3 Å². The second-order valence-electron chi connectivity index (χ2n) is 4.03. The summed E-state index contributed by atoms with van der Waals surface area (Å²) in [7, 11) is 0. The lowest BCUT2D eigenvalue weighted by Gasteiger charge is -2.42. The van der Waals surface area contributed by atoms with Gasteiger partial charge in [0.05, 0.1) is 13.2 Å². The van der Waals surface area contributed by atoms with Gasteiger partial charge in [0.2, 0.25) is 0 Å². The lowest BCUT2D eigenvalue weighted by atomic mass is 9.77. The minimum absolute atomic E-state index is 0.446. The van der Waals surface area contributed by atoms with Crippen molar-refractivity contribution in [2.75, 3.05) is 26.3 Å². The van der Waals surface area contributed by atoms with Crippen molar-refractivity contribution >= 4 is 0 Å². The molecule has 2 heteroatoms. The highest BCUT2D eigenvalue weighted by Gasteiger charge is 2.35. The summed E-state index contributed by atoms with van der Waals surface area (Å²) in [6.07, 6.45) is 1.36. The third-order valence-electron chi connectivity index (χ3n) is 2.57. The lowest BCUT2D eigenvalue weighted by Crippen LogP contribution is -2.50. The summed E-state index contributed by atoms with van der Waals surface area (Å²) < 4.78 is 5.50. The number of hydrogen-bond acceptors (Lipinski definition) is 2. The first-order valence-corrected chi connectivity index (χ1v) is 4.07. The zero-order chi connectivity index (χ0) is 7.03. The van der Waals surface area contributed by atoms with E-state index >= 15 is 0 Å². The van der Waals surface area contributed by atoms with Gasteiger partial charge in [0.1, 0.15) is 0 Å². The number of piperidine rings is 1. The summed E-state index contributed by atoms with van der Waals surface area (Å²) in [4.78, 5) is 0. The molecule has 0 radical (unpaired) electrons. The first kappa shape index (κ1) is 6.62. The Labute approximate surface area is 61.9 Å². The van der Waals surface area contributed by atoms with Gasteiger partial charge in [0, 0.05) is 18.5 Å². The maximum Gasteiger partial charge on any atom is 0.0532 e. The highest BCUT2D eigenvalue weighted by Crippen LogP contribution is 2.33. The maximum absolute atomic E-state index is 5.50. The van der Waals surface area contributed by atoms with Crippen LogP contribution in [0.5, 0.6) is 0 Å². The van der Waals surface area contributed by atoms with Gasteiger partial charge < -0.3 is 10.1 Å². The molecule has 10 heavy (non-hydrogen) atoms. The van der Waals surface area contributed by atoms with Crippen molar-refractivity contribution in [3.63, 3.8) is 0 Å². The molecule has 2 unspecified atom stereocenters. The quantitative estimate of drug-likeness (QED) is 0.534. The van der Waals surface area contributed by atoms with Crippen molar-refractivity contribution in [1.29, 1.82) is 0 Å². The third kappa shape index (κ3) is 1.06. The van der Waals surface area contributed by atoms with E-state index in [9.17, 15) is 0 Å². The van der Waals surface area contributed by atoms with Gasteiger partial charge in [0.25, 0.3) is 0 Å². The summed E-state index contributed by atoms with van der Waals surface area (Å²) >= 11 is 0. The van der Waals surface area contributed by atoms with Crippen molar-refractivity contribution in [2.24, 2.45) is 11.3 Å². The van der Waals surface area contributed by atoms with E-state index in [-0.39, 0.29) is 0 Å². The van der Waals surface area contributed by atoms with Crippen LogP contribution in [-0.4, -0.2) is 26.3 Å². The Morgan fingerprint density at radius 3 is 3.20 bits per heavy atom. The normalized spacial score (nSPS) is 47.1. The Bertz CT molecular complexity index is 125. The molecule has 58 valence electrons. The Hall–Kier alpha value is -0.0800. The second-order valence-corrected chi connectivity index (χ2v) is 4.03. The summed E-state index contributed by atoms with van der Waals surface area (Å²) in [6.45, 7) is 6.55. The largest absolute Gasteiger partial charge is 0.380 e. The topological polar surface area (TPSA) is 21.3 Å². The minimum Gasteiger partial charge on any atom is -0.380 e. The molecule has 2 aliphatic heterocycles. The van der Waals surface area contributed by atoms with E-state index in [0.717, 1.165) is 32.2 Å². The van der Waals surface area contributed by atoms with Gasteiger partial charge in [-0.2, -0.15) is 0 Å². The first-order valence-electron chi connectivity index (χ1n) is 4.07. The van der Waals surface area contributed by atoms with Crippen molar-refractivity contribution in [3.05, 3.63) is 0 Å². The number of fused-ring (bicyclic) bond motifs is 2. The monoisotopic (exact) mass is 141 g/mol. The standard InChI is InChI=1S/C8H15NO/c1-8-2-7(3-9-5-8)4-10-6-8/h7,9H,2-6H2,1H3. The molecule has 2 nitrogen and oxygen atoms in total. The smallest absolute Gasteiger partial charge is 0.0532 e. The average Bonchev–Trinajstić information content (AvgIpc) is 1.86. The van der Waals surface area contributed by atoms with Crippen LogP contribution in [0.1, 0.15) is 13.3 Å². The molecular formula is C8H15NO. The fourth-order valence-electron chi connectivity index (χ4n) is 2.12. The number of nitrogens with one attached hydrogen (secondary N) is 1. The van der Waals surface area contributed by atoms with Crippen LogP contribution in [0.2, 0.25) is 0 Å². The third-order valence-corrected chi connectivity index (χ3v) is 2.57. The van der Waals surface area contributed by atoms with E-state index in [1.165, 1.54) is 6.42 Å². The van der Waals surface area contributed by atoms with Crippen LogP contribution in [0.4, 0.5) is 0 Å². The predicted octanol–water partition coefficient (Wildman–Crippen LogP) is 0.632. The van der Waals surface area contributed by atoms with E-state index in [0.29, 0.717) is 5.41 Å². The summed E-state index contributed by atoms with van der Waals surface area (Å²) in [5.74, 6) is 0.785. The molecule has 1 N–H and O–H groups in total. The number of rotatable bonds is 0. The molecule has 0 saturated carbocycles. The molecule has 2 aliphatic rings. The molecule has 0 aromatic heterocycles. The van der Waals surface area contributed by atoms with E-state index in [4.69, 9.17) is 4.74 Å². The molecule has 0 aliphatic carbocycles. The number of ether oxygens (including phenoxy) is 1. The molecule has 0 spiro atoms. The fraction of sp³-hybridized carbons (Fsp3) is 1.00. The van der Waals surface area contributed by atoms with Crippen LogP contribution in [0.25, 0.3) is 0 Å². The van der Waals surface area contributed by atoms with Crippen LogP contribution in [0.15, 0.2) is 0 Å². The summed E-state index contributed by atoms with van der Waals surface area (Å²) in [5.41, 5.74) is 0.446. The maximum atomic E-state index is 5.50. The van der Waals surface area contributed by atoms with Crippen molar-refractivity contribution in [2.45, 2.75) is 13.3 Å². The van der Waals surface area contributed by atoms with Gasteiger partial charge in [-0.1, -0.05) is 6.92 Å². The zero-order valence-corrected chi connectivity index (χ0v) is 6.52. The SMILES string of the molecule is CC12CNCC(COC1)C2. The molecule has 0 aromatic rings. The van der Waals surface area contributed by atoms with E-state index < -0.39 is 0 Å². The summed E-state index contributed by atoms with van der Waals surface area (Å²) in [6, 6.07) is 0. The fourth-order valence-corrected chi connectivity index (χ4v) is 2.12. The van der Waals surface area contributed by atoms with Crippen molar-refractivity contribution < 1.29 is 4.74 Å². The Kier molecular flexibility index (Phi) is 1.46. The van der Waals surface area contributed by atoms with Crippen LogP contribution < -0.4 is 5.32 Å². The van der Waals surface area contributed by atoms with Crippen LogP contribution in [-0.2, 0) is 4.74 Å². The zero-order valence-electron chi connectivity index (χ0n) is 6.52. The molecular weight excluding hydrogens is 126 g/mol. The predicted molar refractivity (Wildman–Crippen MR) is 39.9 cm³/mol. The van der Waals surface area contributed by atoms with Gasteiger partial charge in [-0.15, -0.1) is 0 Å². The van der Waals surface area contributed by atoms with Crippen LogP contribution >= 0.6 is 0 Å². The van der Waals surface area contributed by atoms with Crippen LogP contribution in [0.3, 0.4) is 0 Å². The Morgan fingerprint density at radius 2 is 2.50 bits per heavy atom. The molecule has 2 heterocycles. The van der Waals surface area contributed by atoms with E-state index in [1.54, 1.807) is 0 Å². The molecule has 2 atom stereocenters. The van der Waals surface area contributed by atoms with Gasteiger partial charge >= 0.3 is 0 Å². The Balaban J connectivity index is 2.07. The van der Waals surface area contributed by atoms with Gasteiger partial charge in [-0.3, -0.25) is 0 Å². The number of hydrogen-bond donors (Lipinski definition) is 1. The highest BCUT2D eigenvalue weighted by molar-refractivity contribution is 4.88.